The van der Waals surface area contributed by atoms with Gasteiger partial charge in [-0.25, -0.2) is 0 Å². The molecule has 0 aliphatic rings. The van der Waals surface area contributed by atoms with Crippen LogP contribution >= 0.6 is 0 Å². The van der Waals surface area contributed by atoms with Gasteiger partial charge in [0.25, 0.3) is 0 Å². The summed E-state index contributed by atoms with van der Waals surface area (Å²) in [6, 6.07) is 32.1. The number of rotatable bonds is 6. The molecule has 0 radical (unpaired) electrons. The molecule has 0 amide bonds. The fraction of sp³-hybridized carbons (Fsp3) is 0. The van der Waals surface area contributed by atoms with Crippen LogP contribution in [0, 0.1) is 0 Å². The Labute approximate surface area is 204 Å². The summed E-state index contributed by atoms with van der Waals surface area (Å²) in [5, 5.41) is 27.8. The Kier molecular flexibility index (Phi) is 9.81. The van der Waals surface area contributed by atoms with Crippen LogP contribution in [0.3, 0.4) is 0 Å². The molecule has 33 heavy (non-hydrogen) atoms. The summed E-state index contributed by atoms with van der Waals surface area (Å²) in [6.07, 6.45) is 0. The molecule has 4 aromatic rings. The zero-order valence-corrected chi connectivity index (χ0v) is 20.7. The van der Waals surface area contributed by atoms with E-state index in [4.69, 9.17) is 0 Å². The van der Waals surface area contributed by atoms with Gasteiger partial charge in [-0.15, -0.1) is 0 Å². The number of para-hydroxylation sites is 4. The van der Waals surface area contributed by atoms with Crippen LogP contribution in [-0.2, 0) is 19.5 Å². The van der Waals surface area contributed by atoms with Gasteiger partial charge in [0.15, 0.2) is 0 Å². The maximum Gasteiger partial charge on any atom is 2.00 e. The predicted octanol–water partition coefficient (Wildman–Crippen LogP) is 3.58. The molecule has 7 heteroatoms. The molecule has 0 atom stereocenters. The third kappa shape index (κ3) is 7.60. The molecular formula is C26H20N2O4Zn. The van der Waals surface area contributed by atoms with Gasteiger partial charge in [0.1, 0.15) is 0 Å². The summed E-state index contributed by atoms with van der Waals surface area (Å²) in [5.74, 6) is -2.36. The average Bonchev–Trinajstić information content (AvgIpc) is 2.81. The second-order valence-corrected chi connectivity index (χ2v) is 6.65. The Bertz CT molecular complexity index is 1090. The third-order valence-corrected chi connectivity index (χ3v) is 4.40. The van der Waals surface area contributed by atoms with E-state index in [2.05, 4.69) is 10.6 Å². The SMILES string of the molecule is O=C([O-])c1ccccc1Nc1ccccc1.O=C([O-])c1ccccc1Nc1ccccc1.[Zn+2]. The molecule has 0 unspecified atom stereocenters. The Hall–Kier alpha value is -3.96. The summed E-state index contributed by atoms with van der Waals surface area (Å²) in [4.78, 5) is 21.7. The van der Waals surface area contributed by atoms with E-state index < -0.39 is 11.9 Å². The first-order valence-corrected chi connectivity index (χ1v) is 9.79. The van der Waals surface area contributed by atoms with Crippen LogP contribution in [-0.4, -0.2) is 11.9 Å². The van der Waals surface area contributed by atoms with E-state index in [1.165, 1.54) is 12.1 Å². The number of anilines is 4. The zero-order chi connectivity index (χ0) is 22.8. The van der Waals surface area contributed by atoms with Crippen molar-refractivity contribution >= 4 is 34.7 Å². The number of aromatic carboxylic acids is 2. The topological polar surface area (TPSA) is 104 Å². The van der Waals surface area contributed by atoms with E-state index in [0.29, 0.717) is 11.4 Å². The van der Waals surface area contributed by atoms with Gasteiger partial charge < -0.3 is 30.4 Å². The second-order valence-electron chi connectivity index (χ2n) is 6.65. The molecule has 0 aromatic heterocycles. The Balaban J connectivity index is 0.000000227. The molecule has 0 bridgehead atoms. The maximum absolute atomic E-state index is 10.9. The first kappa shape index (κ1) is 25.3. The van der Waals surface area contributed by atoms with Crippen molar-refractivity contribution in [3.63, 3.8) is 0 Å². The van der Waals surface area contributed by atoms with Gasteiger partial charge >= 0.3 is 19.5 Å². The molecule has 160 valence electrons. The molecule has 2 N–H and O–H groups in total. The number of carbonyl (C=O) groups excluding carboxylic acids is 2. The van der Waals surface area contributed by atoms with Crippen LogP contribution in [0.2, 0.25) is 0 Å². The van der Waals surface area contributed by atoms with Crippen molar-refractivity contribution in [2.45, 2.75) is 0 Å². The third-order valence-electron chi connectivity index (χ3n) is 4.40. The van der Waals surface area contributed by atoms with Crippen molar-refractivity contribution in [1.82, 2.24) is 0 Å². The molecule has 4 rings (SSSR count). The Morgan fingerprint density at radius 3 is 1.12 bits per heavy atom. The van der Waals surface area contributed by atoms with Crippen molar-refractivity contribution < 1.29 is 39.3 Å². The number of carbonyl (C=O) groups is 2. The van der Waals surface area contributed by atoms with Gasteiger partial charge in [0, 0.05) is 33.9 Å². The van der Waals surface area contributed by atoms with Crippen molar-refractivity contribution in [2.75, 3.05) is 10.6 Å². The van der Waals surface area contributed by atoms with E-state index in [-0.39, 0.29) is 30.6 Å². The van der Waals surface area contributed by atoms with Crippen LogP contribution in [0.4, 0.5) is 22.7 Å². The molecule has 6 nitrogen and oxygen atoms in total. The number of nitrogens with one attached hydrogen (secondary N) is 2. The minimum atomic E-state index is -1.18. The van der Waals surface area contributed by atoms with E-state index in [1.54, 1.807) is 36.4 Å². The quantitative estimate of drug-likeness (QED) is 0.401. The predicted molar refractivity (Wildman–Crippen MR) is 121 cm³/mol. The molecule has 0 heterocycles. The van der Waals surface area contributed by atoms with Gasteiger partial charge in [0.2, 0.25) is 0 Å². The van der Waals surface area contributed by atoms with E-state index in [1.807, 2.05) is 60.7 Å². The number of hydrogen-bond acceptors (Lipinski definition) is 6. The molecule has 0 saturated heterocycles. The first-order valence-electron chi connectivity index (χ1n) is 9.79. The summed E-state index contributed by atoms with van der Waals surface area (Å²) < 4.78 is 0. The number of carboxylic acid groups (broad SMARTS) is 2. The van der Waals surface area contributed by atoms with Crippen molar-refractivity contribution in [3.8, 4) is 0 Å². The summed E-state index contributed by atoms with van der Waals surface area (Å²) in [7, 11) is 0. The average molecular weight is 490 g/mol. The molecule has 0 aliphatic heterocycles. The standard InChI is InChI=1S/2C13H11NO2.Zn/c2*15-13(16)11-8-4-5-9-12(11)14-10-6-2-1-3-7-10;/h2*1-9,14H,(H,15,16);/q;;+2/p-2. The van der Waals surface area contributed by atoms with Crippen LogP contribution in [0.5, 0.6) is 0 Å². The normalized spacial score (nSPS) is 9.45. The number of carboxylic acids is 2. The van der Waals surface area contributed by atoms with E-state index >= 15 is 0 Å². The minimum absolute atomic E-state index is 0. The Morgan fingerprint density at radius 1 is 0.485 bits per heavy atom. The van der Waals surface area contributed by atoms with Crippen molar-refractivity contribution in [2.24, 2.45) is 0 Å². The molecule has 4 aromatic carbocycles. The maximum atomic E-state index is 10.9. The Morgan fingerprint density at radius 2 is 0.788 bits per heavy atom. The van der Waals surface area contributed by atoms with Gasteiger partial charge in [-0.05, 0) is 36.4 Å². The molecule has 0 fully saturated rings. The second kappa shape index (κ2) is 12.8. The fourth-order valence-electron chi connectivity index (χ4n) is 2.89. The summed E-state index contributed by atoms with van der Waals surface area (Å²) in [6.45, 7) is 0. The van der Waals surface area contributed by atoms with Crippen molar-refractivity contribution in [1.29, 1.82) is 0 Å². The molecule has 0 saturated carbocycles. The monoisotopic (exact) mass is 488 g/mol. The largest absolute Gasteiger partial charge is 2.00 e. The van der Waals surface area contributed by atoms with Crippen LogP contribution in [0.1, 0.15) is 20.7 Å². The molecule has 0 spiro atoms. The van der Waals surface area contributed by atoms with E-state index in [0.717, 1.165) is 11.4 Å². The zero-order valence-electron chi connectivity index (χ0n) is 17.7. The van der Waals surface area contributed by atoms with E-state index in [9.17, 15) is 19.8 Å². The van der Waals surface area contributed by atoms with Gasteiger partial charge in [-0.1, -0.05) is 72.8 Å². The van der Waals surface area contributed by atoms with Gasteiger partial charge in [0.05, 0.1) is 11.9 Å². The molecule has 0 aliphatic carbocycles. The first-order chi connectivity index (χ1) is 15.5. The number of hydrogen-bond donors (Lipinski definition) is 2. The van der Waals surface area contributed by atoms with Crippen LogP contribution < -0.4 is 20.8 Å². The number of benzene rings is 4. The summed E-state index contributed by atoms with van der Waals surface area (Å²) >= 11 is 0. The fourth-order valence-corrected chi connectivity index (χ4v) is 2.89. The molecular weight excluding hydrogens is 470 g/mol. The smallest absolute Gasteiger partial charge is 0.545 e. The van der Waals surface area contributed by atoms with Crippen LogP contribution in [0.15, 0.2) is 109 Å². The van der Waals surface area contributed by atoms with Gasteiger partial charge in [-0.2, -0.15) is 0 Å². The van der Waals surface area contributed by atoms with Gasteiger partial charge in [-0.3, -0.25) is 0 Å². The van der Waals surface area contributed by atoms with Crippen molar-refractivity contribution in [3.05, 3.63) is 120 Å². The van der Waals surface area contributed by atoms with Crippen LogP contribution in [0.25, 0.3) is 0 Å². The minimum Gasteiger partial charge on any atom is -0.545 e. The summed E-state index contributed by atoms with van der Waals surface area (Å²) in [5.41, 5.74) is 3.08.